The van der Waals surface area contributed by atoms with Crippen LogP contribution in [0.1, 0.15) is 50.6 Å². The maximum absolute atomic E-state index is 12.0. The van der Waals surface area contributed by atoms with Crippen molar-refractivity contribution in [3.05, 3.63) is 54.1 Å². The molecule has 5 rings (SSSR count). The van der Waals surface area contributed by atoms with Crippen LogP contribution in [-0.2, 0) is 4.79 Å². The smallest absolute Gasteiger partial charge is 0.223 e. The molecule has 3 aliphatic rings. The average molecular weight is 421 g/mol. The van der Waals surface area contributed by atoms with E-state index in [1.54, 1.807) is 0 Å². The summed E-state index contributed by atoms with van der Waals surface area (Å²) >= 11 is 0. The Kier molecular flexibility index (Phi) is 5.75. The number of carbonyl (C=O) groups is 1. The molecule has 1 saturated heterocycles. The Balaban J connectivity index is 1.10. The predicted molar refractivity (Wildman–Crippen MR) is 122 cm³/mol. The Morgan fingerprint density at radius 2 is 1.71 bits per heavy atom. The van der Waals surface area contributed by atoms with Crippen LogP contribution in [0, 0.1) is 11.8 Å². The Morgan fingerprint density at radius 3 is 2.39 bits per heavy atom. The van der Waals surface area contributed by atoms with Crippen molar-refractivity contribution in [2.45, 2.75) is 51.2 Å². The van der Waals surface area contributed by atoms with Gasteiger partial charge in [-0.1, -0.05) is 12.1 Å². The average Bonchev–Trinajstić information content (AvgIpc) is 3.72. The summed E-state index contributed by atoms with van der Waals surface area (Å²) in [4.78, 5) is 14.3. The molecule has 2 aromatic rings. The summed E-state index contributed by atoms with van der Waals surface area (Å²) in [5.41, 5.74) is 2.33. The van der Waals surface area contributed by atoms with Crippen molar-refractivity contribution in [3.63, 3.8) is 0 Å². The van der Waals surface area contributed by atoms with Crippen molar-refractivity contribution in [3.8, 4) is 11.5 Å². The molecule has 5 heteroatoms. The summed E-state index contributed by atoms with van der Waals surface area (Å²) in [5.74, 6) is 3.04. The molecule has 2 aromatic carbocycles. The molecule has 2 saturated carbocycles. The molecule has 1 amide bonds. The van der Waals surface area contributed by atoms with Gasteiger partial charge >= 0.3 is 0 Å². The summed E-state index contributed by atoms with van der Waals surface area (Å²) in [6, 6.07) is 16.6. The van der Waals surface area contributed by atoms with Crippen LogP contribution in [0.15, 0.2) is 48.5 Å². The number of nitrogens with one attached hydrogen (secondary N) is 1. The maximum Gasteiger partial charge on any atom is 0.223 e. The Bertz CT molecular complexity index is 888. The van der Waals surface area contributed by atoms with Crippen molar-refractivity contribution in [1.82, 2.24) is 5.32 Å². The number of nitrogens with zero attached hydrogens (tertiary/aromatic N) is 1. The van der Waals surface area contributed by atoms with Gasteiger partial charge in [0.1, 0.15) is 17.6 Å². The molecule has 0 radical (unpaired) electrons. The molecular formula is C26H32N2O3. The number of hydrogen-bond acceptors (Lipinski definition) is 4. The summed E-state index contributed by atoms with van der Waals surface area (Å²) in [7, 11) is 0. The highest BCUT2D eigenvalue weighted by Crippen LogP contribution is 2.31. The molecule has 5 nitrogen and oxygen atoms in total. The molecule has 1 aliphatic heterocycles. The van der Waals surface area contributed by atoms with Crippen molar-refractivity contribution < 1.29 is 14.3 Å². The molecule has 0 bridgehead atoms. The molecule has 2 atom stereocenters. The zero-order valence-corrected chi connectivity index (χ0v) is 18.3. The van der Waals surface area contributed by atoms with Crippen molar-refractivity contribution >= 4 is 11.6 Å². The van der Waals surface area contributed by atoms with Gasteiger partial charge in [-0.05, 0) is 80.5 Å². The van der Waals surface area contributed by atoms with Crippen LogP contribution in [0.4, 0.5) is 5.69 Å². The predicted octanol–water partition coefficient (Wildman–Crippen LogP) is 4.72. The van der Waals surface area contributed by atoms with Gasteiger partial charge < -0.3 is 19.7 Å². The number of amides is 1. The van der Waals surface area contributed by atoms with E-state index in [0.29, 0.717) is 0 Å². The van der Waals surface area contributed by atoms with Gasteiger partial charge in [0.2, 0.25) is 5.91 Å². The van der Waals surface area contributed by atoms with E-state index in [9.17, 15) is 4.79 Å². The van der Waals surface area contributed by atoms with Crippen LogP contribution in [0.2, 0.25) is 0 Å². The second-order valence-corrected chi connectivity index (χ2v) is 9.30. The van der Waals surface area contributed by atoms with Crippen molar-refractivity contribution in [2.75, 3.05) is 24.6 Å². The molecule has 0 spiro atoms. The van der Waals surface area contributed by atoms with Crippen LogP contribution in [0.5, 0.6) is 11.5 Å². The van der Waals surface area contributed by atoms with E-state index in [1.165, 1.54) is 18.5 Å². The van der Waals surface area contributed by atoms with E-state index in [1.807, 2.05) is 19.1 Å². The minimum absolute atomic E-state index is 0.0281. The normalized spacial score (nSPS) is 21.6. The molecular weight excluding hydrogens is 388 g/mol. The lowest BCUT2D eigenvalue weighted by atomic mass is 10.1. The van der Waals surface area contributed by atoms with Crippen LogP contribution in [0.25, 0.3) is 0 Å². The van der Waals surface area contributed by atoms with Crippen LogP contribution in [0.3, 0.4) is 0 Å². The highest BCUT2D eigenvalue weighted by molar-refractivity contribution is 5.81. The lowest BCUT2D eigenvalue weighted by Gasteiger charge is -2.20. The Morgan fingerprint density at radius 1 is 1.00 bits per heavy atom. The largest absolute Gasteiger partial charge is 0.493 e. The first-order valence-corrected chi connectivity index (χ1v) is 11.7. The fraction of sp³-hybridized carbons (Fsp3) is 0.500. The van der Waals surface area contributed by atoms with Crippen LogP contribution < -0.4 is 19.7 Å². The van der Waals surface area contributed by atoms with Gasteiger partial charge in [-0.25, -0.2) is 0 Å². The number of rotatable bonds is 9. The first-order chi connectivity index (χ1) is 15.1. The third kappa shape index (κ3) is 5.33. The first kappa shape index (κ1) is 20.2. The van der Waals surface area contributed by atoms with Gasteiger partial charge in [-0.15, -0.1) is 0 Å². The molecule has 0 aromatic heterocycles. The van der Waals surface area contributed by atoms with E-state index in [2.05, 4.69) is 46.6 Å². The molecule has 3 fully saturated rings. The van der Waals surface area contributed by atoms with Gasteiger partial charge in [-0.3, -0.25) is 4.79 Å². The van der Waals surface area contributed by atoms with Gasteiger partial charge in [0.25, 0.3) is 0 Å². The Labute approximate surface area is 184 Å². The summed E-state index contributed by atoms with van der Waals surface area (Å²) in [5, 5.41) is 3.10. The molecule has 31 heavy (non-hydrogen) atoms. The molecule has 1 heterocycles. The number of hydrogen-bond donors (Lipinski definition) is 1. The minimum atomic E-state index is 0.0281. The van der Waals surface area contributed by atoms with Crippen molar-refractivity contribution in [2.24, 2.45) is 11.8 Å². The van der Waals surface area contributed by atoms with Gasteiger partial charge in [0.05, 0.1) is 19.2 Å². The van der Waals surface area contributed by atoms with Crippen LogP contribution in [-0.4, -0.2) is 31.7 Å². The lowest BCUT2D eigenvalue weighted by molar-refractivity contribution is -0.122. The van der Waals surface area contributed by atoms with Gasteiger partial charge in [0.15, 0.2) is 0 Å². The topological polar surface area (TPSA) is 50.8 Å². The second kappa shape index (κ2) is 8.81. The third-order valence-corrected chi connectivity index (χ3v) is 6.52. The third-order valence-electron chi connectivity index (χ3n) is 6.52. The fourth-order valence-electron chi connectivity index (χ4n) is 4.10. The lowest BCUT2D eigenvalue weighted by Crippen LogP contribution is -2.27. The minimum Gasteiger partial charge on any atom is -0.493 e. The zero-order valence-electron chi connectivity index (χ0n) is 18.3. The summed E-state index contributed by atoms with van der Waals surface area (Å²) in [6.07, 6.45) is 5.88. The highest BCUT2D eigenvalue weighted by atomic mass is 16.5. The molecule has 0 unspecified atom stereocenters. The number of benzene rings is 2. The Hall–Kier alpha value is -2.69. The molecule has 1 N–H and O–H groups in total. The summed E-state index contributed by atoms with van der Waals surface area (Å²) in [6.45, 7) is 4.77. The van der Waals surface area contributed by atoms with Gasteiger partial charge in [0, 0.05) is 24.6 Å². The number of anilines is 1. The van der Waals surface area contributed by atoms with Crippen molar-refractivity contribution in [1.29, 1.82) is 0 Å². The zero-order chi connectivity index (χ0) is 21.2. The SMILES string of the molecule is C[C@H](NC(=O)C1CC1)c1ccc(O[C@@H]2CCN(c3ccc(OCC4CC4)cc3)C2)cc1. The standard InChI is InChI=1S/C26H32N2O3/c1-18(27-26(29)21-4-5-21)20-6-10-24(11-7-20)31-25-14-15-28(16-25)22-8-12-23(13-9-22)30-17-19-2-3-19/h6-13,18-19,21,25H,2-5,14-17H2,1H3,(H,27,29)/t18-,25+/m0/s1. The first-order valence-electron chi connectivity index (χ1n) is 11.7. The maximum atomic E-state index is 12.0. The van der Waals surface area contributed by atoms with E-state index in [-0.39, 0.29) is 24.0 Å². The second-order valence-electron chi connectivity index (χ2n) is 9.30. The summed E-state index contributed by atoms with van der Waals surface area (Å²) < 4.78 is 12.1. The quantitative estimate of drug-likeness (QED) is 0.638. The van der Waals surface area contributed by atoms with E-state index in [0.717, 1.165) is 61.9 Å². The monoisotopic (exact) mass is 420 g/mol. The molecule has 2 aliphatic carbocycles. The molecule has 164 valence electrons. The van der Waals surface area contributed by atoms with E-state index in [4.69, 9.17) is 9.47 Å². The van der Waals surface area contributed by atoms with Crippen LogP contribution >= 0.6 is 0 Å². The number of carbonyl (C=O) groups excluding carboxylic acids is 1. The fourth-order valence-corrected chi connectivity index (χ4v) is 4.10. The highest BCUT2D eigenvalue weighted by Gasteiger charge is 2.30. The van der Waals surface area contributed by atoms with Gasteiger partial charge in [-0.2, -0.15) is 0 Å². The number of ether oxygens (including phenoxy) is 2. The van der Waals surface area contributed by atoms with E-state index < -0.39 is 0 Å². The van der Waals surface area contributed by atoms with E-state index >= 15 is 0 Å².